The van der Waals surface area contributed by atoms with E-state index in [2.05, 4.69) is 26.1 Å². The zero-order chi connectivity index (χ0) is 10.1. The first-order valence-electron chi connectivity index (χ1n) is 6.40. The Bertz CT molecular complexity index is 186. The Morgan fingerprint density at radius 2 is 1.86 bits per heavy atom. The summed E-state index contributed by atoms with van der Waals surface area (Å²) in [5.41, 5.74) is 0. The topological polar surface area (TPSA) is 12.0 Å². The van der Waals surface area contributed by atoms with Crippen LogP contribution in [0, 0.1) is 23.7 Å². The monoisotopic (exact) mass is 195 g/mol. The van der Waals surface area contributed by atoms with Gasteiger partial charge in [-0.15, -0.1) is 0 Å². The first kappa shape index (κ1) is 10.5. The molecule has 0 aromatic heterocycles. The molecule has 2 rings (SSSR count). The zero-order valence-corrected chi connectivity index (χ0v) is 9.92. The van der Waals surface area contributed by atoms with Crippen LogP contribution in [0.25, 0.3) is 0 Å². The first-order valence-corrected chi connectivity index (χ1v) is 6.40. The molecule has 5 atom stereocenters. The lowest BCUT2D eigenvalue weighted by molar-refractivity contribution is 0.133. The van der Waals surface area contributed by atoms with Crippen LogP contribution < -0.4 is 5.32 Å². The Morgan fingerprint density at radius 1 is 1.07 bits per heavy atom. The number of hydrogen-bond acceptors (Lipinski definition) is 1. The molecule has 0 aromatic rings. The molecule has 0 radical (unpaired) electrons. The van der Waals surface area contributed by atoms with Crippen LogP contribution in [0.15, 0.2) is 0 Å². The van der Waals surface area contributed by atoms with E-state index in [0.29, 0.717) is 0 Å². The summed E-state index contributed by atoms with van der Waals surface area (Å²) in [5.74, 6) is 3.83. The highest BCUT2D eigenvalue weighted by atomic mass is 14.9. The van der Waals surface area contributed by atoms with Gasteiger partial charge in [0.2, 0.25) is 0 Å². The maximum atomic E-state index is 3.76. The van der Waals surface area contributed by atoms with E-state index in [0.717, 1.165) is 29.7 Å². The van der Waals surface area contributed by atoms with Crippen molar-refractivity contribution in [1.29, 1.82) is 0 Å². The van der Waals surface area contributed by atoms with Crippen LogP contribution in [0.3, 0.4) is 0 Å². The third-order valence-electron chi connectivity index (χ3n) is 4.63. The van der Waals surface area contributed by atoms with Crippen LogP contribution in [0.2, 0.25) is 0 Å². The molecule has 2 fully saturated rings. The minimum Gasteiger partial charge on any atom is -0.313 e. The summed E-state index contributed by atoms with van der Waals surface area (Å²) in [6.45, 7) is 8.45. The molecule has 0 spiro atoms. The van der Waals surface area contributed by atoms with Gasteiger partial charge in [-0.1, -0.05) is 27.2 Å². The molecule has 14 heavy (non-hydrogen) atoms. The third-order valence-corrected chi connectivity index (χ3v) is 4.63. The Labute approximate surface area is 88.7 Å². The van der Waals surface area contributed by atoms with E-state index < -0.39 is 0 Å². The highest BCUT2D eigenvalue weighted by molar-refractivity contribution is 4.90. The van der Waals surface area contributed by atoms with E-state index >= 15 is 0 Å². The standard InChI is InChI=1S/C13H25N/c1-9-4-5-12(6-9)8-14-13-7-10(2)11(13)3/h9-14H,4-8H2,1-3H3. The van der Waals surface area contributed by atoms with Crippen molar-refractivity contribution >= 4 is 0 Å². The molecule has 2 saturated carbocycles. The van der Waals surface area contributed by atoms with Gasteiger partial charge in [-0.05, 0) is 49.5 Å². The maximum absolute atomic E-state index is 3.76. The largest absolute Gasteiger partial charge is 0.313 e. The highest BCUT2D eigenvalue weighted by Crippen LogP contribution is 2.35. The lowest BCUT2D eigenvalue weighted by atomic mass is 9.71. The van der Waals surface area contributed by atoms with E-state index in [1.165, 1.54) is 32.2 Å². The molecule has 0 amide bonds. The second-order valence-corrected chi connectivity index (χ2v) is 5.87. The van der Waals surface area contributed by atoms with Crippen molar-refractivity contribution < 1.29 is 0 Å². The second kappa shape index (κ2) is 4.22. The molecular weight excluding hydrogens is 170 g/mol. The average Bonchev–Trinajstić information content (AvgIpc) is 2.58. The summed E-state index contributed by atoms with van der Waals surface area (Å²) in [7, 11) is 0. The van der Waals surface area contributed by atoms with E-state index in [1.807, 2.05) is 0 Å². The Balaban J connectivity index is 1.63. The van der Waals surface area contributed by atoms with Crippen molar-refractivity contribution in [2.75, 3.05) is 6.54 Å². The molecule has 1 heteroatoms. The van der Waals surface area contributed by atoms with E-state index in [4.69, 9.17) is 0 Å². The molecule has 1 nitrogen and oxygen atoms in total. The average molecular weight is 195 g/mol. The fourth-order valence-electron chi connectivity index (χ4n) is 3.13. The predicted octanol–water partition coefficient (Wildman–Crippen LogP) is 3.06. The van der Waals surface area contributed by atoms with Gasteiger partial charge in [0.05, 0.1) is 0 Å². The van der Waals surface area contributed by atoms with Crippen molar-refractivity contribution in [3.05, 3.63) is 0 Å². The van der Waals surface area contributed by atoms with Gasteiger partial charge in [-0.25, -0.2) is 0 Å². The minimum absolute atomic E-state index is 0.834. The molecule has 0 aromatic carbocycles. The van der Waals surface area contributed by atoms with E-state index in [-0.39, 0.29) is 0 Å². The summed E-state index contributed by atoms with van der Waals surface area (Å²) >= 11 is 0. The minimum atomic E-state index is 0.834. The summed E-state index contributed by atoms with van der Waals surface area (Å²) in [6.07, 6.45) is 5.79. The normalized spacial score (nSPS) is 47.8. The SMILES string of the molecule is CC1CCC(CNC2CC(C)C2C)C1. The summed E-state index contributed by atoms with van der Waals surface area (Å²) in [5, 5.41) is 3.76. The van der Waals surface area contributed by atoms with Crippen molar-refractivity contribution in [3.8, 4) is 0 Å². The van der Waals surface area contributed by atoms with Crippen LogP contribution in [0.1, 0.15) is 46.5 Å². The van der Waals surface area contributed by atoms with Crippen LogP contribution in [0.4, 0.5) is 0 Å². The van der Waals surface area contributed by atoms with Crippen molar-refractivity contribution in [2.45, 2.75) is 52.5 Å². The summed E-state index contributed by atoms with van der Waals surface area (Å²) in [4.78, 5) is 0. The molecule has 2 aliphatic rings. The molecule has 82 valence electrons. The van der Waals surface area contributed by atoms with Crippen molar-refractivity contribution in [1.82, 2.24) is 5.32 Å². The van der Waals surface area contributed by atoms with Gasteiger partial charge >= 0.3 is 0 Å². The van der Waals surface area contributed by atoms with Gasteiger partial charge in [0.25, 0.3) is 0 Å². The van der Waals surface area contributed by atoms with Crippen LogP contribution in [-0.4, -0.2) is 12.6 Å². The Morgan fingerprint density at radius 3 is 2.36 bits per heavy atom. The smallest absolute Gasteiger partial charge is 0.00980 e. The first-order chi connectivity index (χ1) is 6.66. The number of hydrogen-bond donors (Lipinski definition) is 1. The number of nitrogens with one attached hydrogen (secondary N) is 1. The molecule has 0 bridgehead atoms. The zero-order valence-electron chi connectivity index (χ0n) is 9.92. The third kappa shape index (κ3) is 2.13. The van der Waals surface area contributed by atoms with Gasteiger partial charge in [-0.2, -0.15) is 0 Å². The van der Waals surface area contributed by atoms with Gasteiger partial charge in [-0.3, -0.25) is 0 Å². The van der Waals surface area contributed by atoms with Gasteiger partial charge in [0.15, 0.2) is 0 Å². The highest BCUT2D eigenvalue weighted by Gasteiger charge is 2.34. The molecule has 0 heterocycles. The van der Waals surface area contributed by atoms with Gasteiger partial charge in [0.1, 0.15) is 0 Å². The molecule has 5 unspecified atom stereocenters. The van der Waals surface area contributed by atoms with Crippen LogP contribution >= 0.6 is 0 Å². The van der Waals surface area contributed by atoms with Crippen molar-refractivity contribution in [3.63, 3.8) is 0 Å². The van der Waals surface area contributed by atoms with Crippen molar-refractivity contribution in [2.24, 2.45) is 23.7 Å². The van der Waals surface area contributed by atoms with Crippen LogP contribution in [0.5, 0.6) is 0 Å². The number of rotatable bonds is 3. The summed E-state index contributed by atoms with van der Waals surface area (Å²) < 4.78 is 0. The fraction of sp³-hybridized carbons (Fsp3) is 1.00. The maximum Gasteiger partial charge on any atom is 0.00980 e. The second-order valence-electron chi connectivity index (χ2n) is 5.87. The Kier molecular flexibility index (Phi) is 3.16. The predicted molar refractivity (Wildman–Crippen MR) is 61.2 cm³/mol. The molecule has 1 N–H and O–H groups in total. The lowest BCUT2D eigenvalue weighted by Crippen LogP contribution is -2.49. The molecule has 0 aliphatic heterocycles. The van der Waals surface area contributed by atoms with E-state index in [9.17, 15) is 0 Å². The quantitative estimate of drug-likeness (QED) is 0.730. The molecular formula is C13H25N. The Hall–Kier alpha value is -0.0400. The molecule has 2 aliphatic carbocycles. The molecule has 0 saturated heterocycles. The fourth-order valence-corrected chi connectivity index (χ4v) is 3.13. The van der Waals surface area contributed by atoms with Gasteiger partial charge < -0.3 is 5.32 Å². The lowest BCUT2D eigenvalue weighted by Gasteiger charge is -2.42. The van der Waals surface area contributed by atoms with Crippen LogP contribution in [-0.2, 0) is 0 Å². The van der Waals surface area contributed by atoms with E-state index in [1.54, 1.807) is 0 Å². The summed E-state index contributed by atoms with van der Waals surface area (Å²) in [6, 6.07) is 0.834. The van der Waals surface area contributed by atoms with Gasteiger partial charge in [0, 0.05) is 6.04 Å².